The van der Waals surface area contributed by atoms with Crippen LogP contribution in [0.1, 0.15) is 52.9 Å². The van der Waals surface area contributed by atoms with Crippen LogP contribution in [-0.4, -0.2) is 88.0 Å². The summed E-state index contributed by atoms with van der Waals surface area (Å²) in [5, 5.41) is 3.48. The smallest absolute Gasteiger partial charge is 0.322 e. The van der Waals surface area contributed by atoms with Crippen molar-refractivity contribution < 1.29 is 13.2 Å². The molecule has 4 bridgehead atoms. The molecular weight excluding hydrogens is 586 g/mol. The Labute approximate surface area is 268 Å². The van der Waals surface area contributed by atoms with Gasteiger partial charge in [-0.25, -0.2) is 22.9 Å². The van der Waals surface area contributed by atoms with Crippen molar-refractivity contribution in [2.24, 2.45) is 23.2 Å². The molecule has 2 aromatic rings. The number of rotatable bonds is 6. The van der Waals surface area contributed by atoms with Crippen LogP contribution in [0, 0.1) is 23.2 Å². The zero-order valence-electron chi connectivity index (χ0n) is 27.2. The lowest BCUT2D eigenvalue weighted by atomic mass is 9.48. The Kier molecular flexibility index (Phi) is 7.80. The number of carbonyl (C=O) groups is 1. The molecule has 0 radical (unpaired) electrons. The number of nitrogens with zero attached hydrogens (tertiary/aromatic N) is 5. The Bertz CT molecular complexity index is 1500. The van der Waals surface area contributed by atoms with Crippen molar-refractivity contribution in [1.82, 2.24) is 19.9 Å². The van der Waals surface area contributed by atoms with E-state index in [9.17, 15) is 13.2 Å². The zero-order valence-corrected chi connectivity index (χ0v) is 28.0. The number of piperazine rings is 1. The summed E-state index contributed by atoms with van der Waals surface area (Å²) in [7, 11) is -3.22. The number of pyridine rings is 1. The number of anilines is 4. The number of fused-ring (bicyclic) bond motifs is 1. The molecule has 4 saturated carbocycles. The molecule has 10 nitrogen and oxygen atoms in total. The topological polar surface area (TPSA) is 101 Å². The highest BCUT2D eigenvalue weighted by atomic mass is 32.2. The van der Waals surface area contributed by atoms with Gasteiger partial charge in [0, 0.05) is 57.4 Å². The summed E-state index contributed by atoms with van der Waals surface area (Å²) < 4.78 is 26.5. The number of hydrogen-bond acceptors (Lipinski definition) is 7. The molecule has 11 heteroatoms. The van der Waals surface area contributed by atoms with E-state index >= 15 is 0 Å². The molecule has 2 atom stereocenters. The Morgan fingerprint density at radius 1 is 0.933 bits per heavy atom. The zero-order chi connectivity index (χ0) is 31.6. The molecule has 4 aliphatic carbocycles. The Morgan fingerprint density at radius 3 is 2.24 bits per heavy atom. The second-order valence-corrected chi connectivity index (χ2v) is 17.2. The van der Waals surface area contributed by atoms with Gasteiger partial charge in [0.1, 0.15) is 5.82 Å². The minimum atomic E-state index is -3.22. The number of para-hydroxylation sites is 2. The average Bonchev–Trinajstić information content (AvgIpc) is 3.00. The second-order valence-electron chi connectivity index (χ2n) is 15.4. The average molecular weight is 636 g/mol. The monoisotopic (exact) mass is 635 g/mol. The van der Waals surface area contributed by atoms with Gasteiger partial charge in [0.15, 0.2) is 0 Å². The lowest BCUT2D eigenvalue weighted by molar-refractivity contribution is -0.0695. The fourth-order valence-corrected chi connectivity index (χ4v) is 9.89. The van der Waals surface area contributed by atoms with Crippen LogP contribution < -0.4 is 24.7 Å². The molecule has 3 heterocycles. The van der Waals surface area contributed by atoms with Crippen LogP contribution in [0.25, 0.3) is 0 Å². The van der Waals surface area contributed by atoms with E-state index in [4.69, 9.17) is 4.98 Å². The van der Waals surface area contributed by atoms with Gasteiger partial charge in [-0.05, 0) is 100 Å². The van der Waals surface area contributed by atoms with E-state index in [2.05, 4.69) is 63.7 Å². The van der Waals surface area contributed by atoms with Crippen molar-refractivity contribution in [3.8, 4) is 0 Å². The molecule has 2 aliphatic heterocycles. The van der Waals surface area contributed by atoms with Crippen molar-refractivity contribution in [2.45, 2.75) is 64.5 Å². The van der Waals surface area contributed by atoms with E-state index in [-0.39, 0.29) is 23.0 Å². The lowest BCUT2D eigenvalue weighted by Gasteiger charge is -2.60. The number of hydrogen-bond donors (Lipinski definition) is 2. The number of aromatic nitrogens is 1. The van der Waals surface area contributed by atoms with Crippen molar-refractivity contribution in [1.29, 1.82) is 0 Å². The van der Waals surface area contributed by atoms with Gasteiger partial charge in [0.05, 0.1) is 29.5 Å². The van der Waals surface area contributed by atoms with Crippen LogP contribution in [0.3, 0.4) is 0 Å². The Balaban J connectivity index is 1.02. The number of nitrogens with one attached hydrogen (secondary N) is 2. The highest BCUT2D eigenvalue weighted by Crippen LogP contribution is 2.60. The molecular formula is C34H49N7O3S. The number of benzene rings is 1. The number of sulfonamides is 1. The van der Waals surface area contributed by atoms with E-state index in [1.165, 1.54) is 6.26 Å². The van der Waals surface area contributed by atoms with Gasteiger partial charge in [0.2, 0.25) is 10.0 Å². The maximum Gasteiger partial charge on any atom is 0.322 e. The maximum absolute atomic E-state index is 13.9. The minimum absolute atomic E-state index is 0.0272. The largest absolute Gasteiger partial charge is 0.368 e. The fourth-order valence-electron chi connectivity index (χ4n) is 9.32. The molecule has 0 spiro atoms. The molecule has 2 unspecified atom stereocenters. The maximum atomic E-state index is 13.9. The van der Waals surface area contributed by atoms with E-state index in [1.807, 2.05) is 29.3 Å². The van der Waals surface area contributed by atoms with Crippen molar-refractivity contribution in [3.63, 3.8) is 0 Å². The summed E-state index contributed by atoms with van der Waals surface area (Å²) in [4.78, 5) is 27.9. The summed E-state index contributed by atoms with van der Waals surface area (Å²) in [6.07, 6.45) is 8.54. The molecule has 1 aromatic heterocycles. The molecule has 5 fully saturated rings. The standard InChI is InChI=1S/C34H49N7O3S/c1-33(2,3)39-13-11-38(12-14-39)27-9-10-30(35-22-27)40-15-16-41(29-8-6-5-7-28(29)40)32(42)37-31-25-17-24-18-26(31)21-34(19-24,20-25)23-36-45(4,43)44/h5-10,22,24-26,31,36H,11-21,23H2,1-4H3,(H,37,42). The molecule has 6 aliphatic rings. The summed E-state index contributed by atoms with van der Waals surface area (Å²) in [6, 6.07) is 12.5. The van der Waals surface area contributed by atoms with Crippen LogP contribution in [-0.2, 0) is 10.0 Å². The van der Waals surface area contributed by atoms with Crippen molar-refractivity contribution >= 4 is 38.9 Å². The first-order valence-electron chi connectivity index (χ1n) is 16.7. The van der Waals surface area contributed by atoms with Crippen LogP contribution in [0.15, 0.2) is 42.6 Å². The summed E-state index contributed by atoms with van der Waals surface area (Å²) in [5.41, 5.74) is 3.28. The SMILES string of the molecule is CC(C)(C)N1CCN(c2ccc(N3CCN(C(=O)NC4C5CC6CC4CC(CNS(C)(=O)=O)(C6)C5)c4ccccc43)nc2)CC1. The minimum Gasteiger partial charge on any atom is -0.368 e. The van der Waals surface area contributed by atoms with Crippen molar-refractivity contribution in [3.05, 3.63) is 42.6 Å². The molecule has 244 valence electrons. The third-order valence-corrected chi connectivity index (χ3v) is 11.9. The van der Waals surface area contributed by atoms with Crippen molar-refractivity contribution in [2.75, 3.05) is 66.8 Å². The van der Waals surface area contributed by atoms with E-state index in [1.54, 1.807) is 0 Å². The first-order valence-corrected chi connectivity index (χ1v) is 18.6. The molecule has 2 N–H and O–H groups in total. The van der Waals surface area contributed by atoms with E-state index in [0.29, 0.717) is 37.4 Å². The van der Waals surface area contributed by atoms with Crippen LogP contribution in [0.5, 0.6) is 0 Å². The fraction of sp³-hybridized carbons (Fsp3) is 0.647. The Hall–Kier alpha value is -2.89. The number of amides is 2. The molecule has 1 saturated heterocycles. The van der Waals surface area contributed by atoms with Crippen LogP contribution in [0.2, 0.25) is 0 Å². The number of carbonyl (C=O) groups excluding carboxylic acids is 1. The van der Waals surface area contributed by atoms with Gasteiger partial charge in [-0.15, -0.1) is 0 Å². The third kappa shape index (κ3) is 6.15. The summed E-state index contributed by atoms with van der Waals surface area (Å²) in [6.45, 7) is 12.7. The summed E-state index contributed by atoms with van der Waals surface area (Å²) >= 11 is 0. The van der Waals surface area contributed by atoms with Gasteiger partial charge in [-0.2, -0.15) is 0 Å². The molecule has 2 amide bonds. The van der Waals surface area contributed by atoms with Gasteiger partial charge >= 0.3 is 6.03 Å². The van der Waals surface area contributed by atoms with Crippen LogP contribution >= 0.6 is 0 Å². The normalized spacial score (nSPS) is 30.0. The third-order valence-electron chi connectivity index (χ3n) is 11.3. The number of urea groups is 1. The highest BCUT2D eigenvalue weighted by Gasteiger charge is 2.55. The quantitative estimate of drug-likeness (QED) is 0.485. The van der Waals surface area contributed by atoms with Gasteiger partial charge in [0.25, 0.3) is 0 Å². The highest BCUT2D eigenvalue weighted by molar-refractivity contribution is 7.88. The predicted molar refractivity (Wildman–Crippen MR) is 180 cm³/mol. The first-order chi connectivity index (χ1) is 21.4. The Morgan fingerprint density at radius 2 is 1.62 bits per heavy atom. The van der Waals surface area contributed by atoms with Gasteiger partial charge < -0.3 is 15.1 Å². The van der Waals surface area contributed by atoms with Crippen LogP contribution in [0.4, 0.5) is 27.7 Å². The predicted octanol–water partition coefficient (Wildman–Crippen LogP) is 4.41. The second kappa shape index (κ2) is 11.4. The molecule has 45 heavy (non-hydrogen) atoms. The lowest BCUT2D eigenvalue weighted by Crippen LogP contribution is -2.62. The van der Waals surface area contributed by atoms with E-state index < -0.39 is 10.0 Å². The molecule has 1 aromatic carbocycles. The van der Waals surface area contributed by atoms with Gasteiger partial charge in [-0.3, -0.25) is 9.80 Å². The van der Waals surface area contributed by atoms with Gasteiger partial charge in [-0.1, -0.05) is 12.1 Å². The first kappa shape index (κ1) is 30.7. The summed E-state index contributed by atoms with van der Waals surface area (Å²) in [5.74, 6) is 2.33. The van der Waals surface area contributed by atoms with E-state index in [0.717, 1.165) is 81.2 Å². The molecule has 8 rings (SSSR count).